The second kappa shape index (κ2) is 6.57. The van der Waals surface area contributed by atoms with Crippen molar-refractivity contribution in [2.45, 2.75) is 18.7 Å². The molecule has 0 saturated carbocycles. The summed E-state index contributed by atoms with van der Waals surface area (Å²) < 4.78 is 24.8. The number of hydrogen-bond acceptors (Lipinski definition) is 4. The van der Waals surface area contributed by atoms with Crippen molar-refractivity contribution >= 4 is 27.0 Å². The van der Waals surface area contributed by atoms with Gasteiger partial charge in [0.15, 0.2) is 0 Å². The van der Waals surface area contributed by atoms with Crippen LogP contribution in [0.1, 0.15) is 16.7 Å². The van der Waals surface area contributed by atoms with Gasteiger partial charge in [-0.25, -0.2) is 4.83 Å². The molecule has 128 valence electrons. The number of hydrazone groups is 1. The molecule has 3 aromatic rings. The summed E-state index contributed by atoms with van der Waals surface area (Å²) in [4.78, 5) is 2.38. The van der Waals surface area contributed by atoms with Gasteiger partial charge in [-0.1, -0.05) is 48.0 Å². The van der Waals surface area contributed by atoms with E-state index in [2.05, 4.69) is 9.93 Å². The Kier molecular flexibility index (Phi) is 4.46. The first-order chi connectivity index (χ1) is 11.9. The van der Waals surface area contributed by atoms with Crippen molar-refractivity contribution < 1.29 is 13.5 Å². The number of hydrogen-bond donors (Lipinski definition) is 2. The molecule has 0 radical (unpaired) electrons. The number of nitrogens with zero attached hydrogens (tertiary/aromatic N) is 1. The molecule has 6 heteroatoms. The third-order valence-corrected chi connectivity index (χ3v) is 5.32. The lowest BCUT2D eigenvalue weighted by Crippen LogP contribution is -2.19. The van der Waals surface area contributed by atoms with E-state index in [1.807, 2.05) is 31.2 Å². The van der Waals surface area contributed by atoms with E-state index in [0.717, 1.165) is 16.3 Å². The van der Waals surface area contributed by atoms with E-state index in [1.165, 1.54) is 6.21 Å². The summed E-state index contributed by atoms with van der Waals surface area (Å²) >= 11 is 0. The third kappa shape index (κ3) is 3.49. The summed E-state index contributed by atoms with van der Waals surface area (Å²) in [5, 5.41) is 15.6. The first-order valence-electron chi connectivity index (χ1n) is 7.71. The minimum absolute atomic E-state index is 0.0353. The van der Waals surface area contributed by atoms with Crippen molar-refractivity contribution in [3.63, 3.8) is 0 Å². The number of phenolic OH excluding ortho intramolecular Hbond substituents is 1. The molecule has 0 atom stereocenters. The highest BCUT2D eigenvalue weighted by Gasteiger charge is 2.15. The fourth-order valence-corrected chi connectivity index (χ4v) is 3.75. The minimum Gasteiger partial charge on any atom is -0.507 e. The molecule has 0 aliphatic carbocycles. The van der Waals surface area contributed by atoms with Crippen LogP contribution in [0.5, 0.6) is 5.75 Å². The maximum absolute atomic E-state index is 12.4. The predicted octanol–water partition coefficient (Wildman–Crippen LogP) is 3.47. The summed E-state index contributed by atoms with van der Waals surface area (Å²) in [6.07, 6.45) is 1.32. The lowest BCUT2D eigenvalue weighted by Gasteiger charge is -2.08. The number of aryl methyl sites for hydroxylation is 2. The molecule has 0 fully saturated rings. The van der Waals surface area contributed by atoms with Crippen molar-refractivity contribution in [1.29, 1.82) is 0 Å². The quantitative estimate of drug-likeness (QED) is 0.556. The van der Waals surface area contributed by atoms with Crippen LogP contribution in [0.4, 0.5) is 0 Å². The average molecular weight is 354 g/mol. The van der Waals surface area contributed by atoms with Crippen LogP contribution in [0.15, 0.2) is 64.6 Å². The molecule has 25 heavy (non-hydrogen) atoms. The largest absolute Gasteiger partial charge is 0.507 e. The van der Waals surface area contributed by atoms with E-state index < -0.39 is 10.0 Å². The molecule has 3 aromatic carbocycles. The number of phenols is 1. The van der Waals surface area contributed by atoms with E-state index in [4.69, 9.17) is 0 Å². The highest BCUT2D eigenvalue weighted by molar-refractivity contribution is 7.89. The van der Waals surface area contributed by atoms with Gasteiger partial charge in [0.25, 0.3) is 10.0 Å². The lowest BCUT2D eigenvalue weighted by atomic mass is 10.0. The van der Waals surface area contributed by atoms with Gasteiger partial charge in [0.05, 0.1) is 11.1 Å². The standard InChI is InChI=1S/C19H18N2O3S/c1-13-7-10-19(14(2)11-13)25(23,24)21-20-12-17-16-6-4-3-5-15(16)8-9-18(17)22/h3-12,21-22H,1-2H3/b20-12+. The van der Waals surface area contributed by atoms with E-state index in [0.29, 0.717) is 11.1 Å². The molecule has 0 aliphatic heterocycles. The summed E-state index contributed by atoms with van der Waals surface area (Å²) in [5.41, 5.74) is 2.10. The molecule has 0 aliphatic rings. The van der Waals surface area contributed by atoms with Crippen LogP contribution in [0.25, 0.3) is 10.8 Å². The third-order valence-electron chi connectivity index (χ3n) is 3.93. The Bertz CT molecular complexity index is 1070. The van der Waals surface area contributed by atoms with Crippen LogP contribution in [0.2, 0.25) is 0 Å². The molecule has 5 nitrogen and oxygen atoms in total. The van der Waals surface area contributed by atoms with Gasteiger partial charge in [-0.05, 0) is 42.3 Å². The van der Waals surface area contributed by atoms with Gasteiger partial charge < -0.3 is 5.11 Å². The van der Waals surface area contributed by atoms with Gasteiger partial charge in [0.2, 0.25) is 0 Å². The number of benzene rings is 3. The Labute approximate surface area is 146 Å². The van der Waals surface area contributed by atoms with Gasteiger partial charge in [-0.15, -0.1) is 0 Å². The molecule has 3 rings (SSSR count). The fraction of sp³-hybridized carbons (Fsp3) is 0.105. The van der Waals surface area contributed by atoms with E-state index in [-0.39, 0.29) is 10.6 Å². The number of sulfonamides is 1. The lowest BCUT2D eigenvalue weighted by molar-refractivity contribution is 0.475. The molecule has 0 saturated heterocycles. The van der Waals surface area contributed by atoms with Gasteiger partial charge in [-0.3, -0.25) is 0 Å². The second-order valence-corrected chi connectivity index (χ2v) is 7.47. The SMILES string of the molecule is Cc1ccc(S(=O)(=O)N/N=C/c2c(O)ccc3ccccc23)c(C)c1. The Hall–Kier alpha value is -2.86. The van der Waals surface area contributed by atoms with E-state index in [1.54, 1.807) is 37.3 Å². The number of rotatable bonds is 4. The van der Waals surface area contributed by atoms with Crippen LogP contribution in [0.3, 0.4) is 0 Å². The molecule has 0 unspecified atom stereocenters. The zero-order chi connectivity index (χ0) is 18.0. The molecular weight excluding hydrogens is 336 g/mol. The van der Waals surface area contributed by atoms with Crippen molar-refractivity contribution in [3.05, 3.63) is 71.3 Å². The summed E-state index contributed by atoms with van der Waals surface area (Å²) in [5.74, 6) is 0.0353. The van der Waals surface area contributed by atoms with Crippen molar-refractivity contribution in [1.82, 2.24) is 4.83 Å². The van der Waals surface area contributed by atoms with E-state index in [9.17, 15) is 13.5 Å². The van der Waals surface area contributed by atoms with E-state index >= 15 is 0 Å². The van der Waals surface area contributed by atoms with Crippen molar-refractivity contribution in [2.24, 2.45) is 5.10 Å². The van der Waals surface area contributed by atoms with Crippen LogP contribution < -0.4 is 4.83 Å². The molecule has 0 bridgehead atoms. The smallest absolute Gasteiger partial charge is 0.276 e. The molecule has 0 amide bonds. The Balaban J connectivity index is 1.92. The summed E-state index contributed by atoms with van der Waals surface area (Å²) in [6.45, 7) is 3.64. The monoisotopic (exact) mass is 354 g/mol. The maximum atomic E-state index is 12.4. The molecule has 0 aromatic heterocycles. The number of fused-ring (bicyclic) bond motifs is 1. The Morgan fingerprint density at radius 1 is 1.04 bits per heavy atom. The van der Waals surface area contributed by atoms with Gasteiger partial charge in [-0.2, -0.15) is 13.5 Å². The Morgan fingerprint density at radius 3 is 2.56 bits per heavy atom. The fourth-order valence-electron chi connectivity index (χ4n) is 2.73. The average Bonchev–Trinajstić information content (AvgIpc) is 2.56. The maximum Gasteiger partial charge on any atom is 0.276 e. The molecular formula is C19H18N2O3S. The van der Waals surface area contributed by atoms with Crippen LogP contribution in [0, 0.1) is 13.8 Å². The topological polar surface area (TPSA) is 78.8 Å². The first kappa shape index (κ1) is 17.0. The van der Waals surface area contributed by atoms with Crippen LogP contribution >= 0.6 is 0 Å². The van der Waals surface area contributed by atoms with Gasteiger partial charge in [0.1, 0.15) is 5.75 Å². The highest BCUT2D eigenvalue weighted by atomic mass is 32.2. The van der Waals surface area contributed by atoms with Gasteiger partial charge in [0, 0.05) is 5.56 Å². The zero-order valence-corrected chi connectivity index (χ0v) is 14.7. The zero-order valence-electron chi connectivity index (χ0n) is 13.9. The predicted molar refractivity (Wildman–Crippen MR) is 99.4 cm³/mol. The molecule has 2 N–H and O–H groups in total. The molecule has 0 heterocycles. The van der Waals surface area contributed by atoms with Crippen molar-refractivity contribution in [3.8, 4) is 5.75 Å². The first-order valence-corrected chi connectivity index (χ1v) is 9.19. The van der Waals surface area contributed by atoms with Gasteiger partial charge >= 0.3 is 0 Å². The van der Waals surface area contributed by atoms with Crippen LogP contribution in [-0.2, 0) is 10.0 Å². The van der Waals surface area contributed by atoms with Crippen molar-refractivity contribution in [2.75, 3.05) is 0 Å². The minimum atomic E-state index is -3.77. The summed E-state index contributed by atoms with van der Waals surface area (Å²) in [6, 6.07) is 15.9. The number of aromatic hydroxyl groups is 1. The Morgan fingerprint density at radius 2 is 1.80 bits per heavy atom. The second-order valence-electron chi connectivity index (χ2n) is 5.84. The highest BCUT2D eigenvalue weighted by Crippen LogP contribution is 2.25. The van der Waals surface area contributed by atoms with Crippen LogP contribution in [-0.4, -0.2) is 19.7 Å². The normalized spacial score (nSPS) is 11.9. The number of nitrogens with one attached hydrogen (secondary N) is 1. The summed E-state index contributed by atoms with van der Waals surface area (Å²) in [7, 11) is -3.77. The molecule has 0 spiro atoms.